The van der Waals surface area contributed by atoms with E-state index in [2.05, 4.69) is 33.8 Å². The van der Waals surface area contributed by atoms with E-state index in [9.17, 15) is 5.11 Å². The first-order valence-corrected chi connectivity index (χ1v) is 7.86. The third kappa shape index (κ3) is 5.14. The summed E-state index contributed by atoms with van der Waals surface area (Å²) in [5.74, 6) is 1.11. The van der Waals surface area contributed by atoms with Crippen LogP contribution in [0.5, 0.6) is 0 Å². The van der Waals surface area contributed by atoms with Gasteiger partial charge in [-0.1, -0.05) is 46.6 Å². The van der Waals surface area contributed by atoms with E-state index in [0.717, 1.165) is 25.7 Å². The molecule has 0 aromatic heterocycles. The number of hydrogen-bond donors (Lipinski definition) is 1. The fraction of sp³-hybridized carbons (Fsp3) is 0.882. The Bertz CT molecular complexity index is 253. The third-order valence-corrected chi connectivity index (χ3v) is 3.88. The zero-order chi connectivity index (χ0) is 13.6. The molecule has 0 aromatic carbocycles. The van der Waals surface area contributed by atoms with Gasteiger partial charge in [0.25, 0.3) is 0 Å². The molecule has 0 bridgehead atoms. The Morgan fingerprint density at radius 2 is 1.56 bits per heavy atom. The fourth-order valence-electron chi connectivity index (χ4n) is 3.31. The average Bonchev–Trinajstić information content (AvgIpc) is 2.12. The molecule has 1 rings (SSSR count). The monoisotopic (exact) mass is 252 g/mol. The van der Waals surface area contributed by atoms with Crippen LogP contribution in [0.2, 0.25) is 0 Å². The van der Waals surface area contributed by atoms with Gasteiger partial charge < -0.3 is 5.11 Å². The lowest BCUT2D eigenvalue weighted by Crippen LogP contribution is -2.35. The first-order chi connectivity index (χ1) is 8.44. The molecule has 1 aliphatic rings. The van der Waals surface area contributed by atoms with E-state index in [4.69, 9.17) is 0 Å². The maximum atomic E-state index is 11.1. The predicted molar refractivity (Wildman–Crippen MR) is 79.6 cm³/mol. The van der Waals surface area contributed by atoms with Crippen molar-refractivity contribution in [3.05, 3.63) is 11.6 Å². The van der Waals surface area contributed by atoms with Gasteiger partial charge in [0.05, 0.1) is 5.60 Å². The molecule has 106 valence electrons. The van der Waals surface area contributed by atoms with Crippen molar-refractivity contribution in [3.8, 4) is 0 Å². The van der Waals surface area contributed by atoms with Crippen LogP contribution in [-0.4, -0.2) is 10.7 Å². The Balaban J connectivity index is 2.84. The highest BCUT2D eigenvalue weighted by molar-refractivity contribution is 5.18. The van der Waals surface area contributed by atoms with Crippen molar-refractivity contribution < 1.29 is 5.11 Å². The van der Waals surface area contributed by atoms with Gasteiger partial charge >= 0.3 is 0 Å². The summed E-state index contributed by atoms with van der Waals surface area (Å²) in [4.78, 5) is 0. The maximum absolute atomic E-state index is 11.1. The van der Waals surface area contributed by atoms with Gasteiger partial charge in [0.15, 0.2) is 0 Å². The van der Waals surface area contributed by atoms with Crippen LogP contribution in [0.4, 0.5) is 0 Å². The highest BCUT2D eigenvalue weighted by Gasteiger charge is 2.32. The number of allylic oxidation sites excluding steroid dienone is 1. The summed E-state index contributed by atoms with van der Waals surface area (Å²) >= 11 is 0. The molecule has 0 unspecified atom stereocenters. The van der Waals surface area contributed by atoms with E-state index >= 15 is 0 Å². The average molecular weight is 252 g/mol. The summed E-state index contributed by atoms with van der Waals surface area (Å²) in [6.45, 7) is 8.87. The minimum absolute atomic E-state index is 0.542. The van der Waals surface area contributed by atoms with Gasteiger partial charge in [0, 0.05) is 0 Å². The van der Waals surface area contributed by atoms with E-state index in [1.807, 2.05) is 0 Å². The molecule has 1 heteroatoms. The van der Waals surface area contributed by atoms with Crippen LogP contribution in [0.15, 0.2) is 11.6 Å². The topological polar surface area (TPSA) is 20.2 Å². The van der Waals surface area contributed by atoms with Gasteiger partial charge in [0.1, 0.15) is 0 Å². The molecular formula is C17H32O. The van der Waals surface area contributed by atoms with Crippen molar-refractivity contribution in [2.75, 3.05) is 0 Å². The lowest BCUT2D eigenvalue weighted by atomic mass is 9.76. The minimum atomic E-state index is -0.542. The second kappa shape index (κ2) is 7.33. The van der Waals surface area contributed by atoms with Crippen molar-refractivity contribution in [1.82, 2.24) is 0 Å². The van der Waals surface area contributed by atoms with Crippen LogP contribution < -0.4 is 0 Å². The van der Waals surface area contributed by atoms with E-state index in [-0.39, 0.29) is 0 Å². The molecule has 0 radical (unpaired) electrons. The molecule has 0 aliphatic heterocycles. The Labute approximate surface area is 114 Å². The van der Waals surface area contributed by atoms with Gasteiger partial charge in [-0.2, -0.15) is 0 Å². The highest BCUT2D eigenvalue weighted by atomic mass is 16.3. The van der Waals surface area contributed by atoms with Crippen LogP contribution in [0.1, 0.15) is 79.1 Å². The maximum Gasteiger partial charge on any atom is 0.0861 e. The van der Waals surface area contributed by atoms with Crippen molar-refractivity contribution in [3.63, 3.8) is 0 Å². The summed E-state index contributed by atoms with van der Waals surface area (Å²) in [5.41, 5.74) is 0.796. The Morgan fingerprint density at radius 1 is 1.00 bits per heavy atom. The third-order valence-electron chi connectivity index (χ3n) is 3.88. The van der Waals surface area contributed by atoms with Crippen molar-refractivity contribution in [2.45, 2.75) is 84.7 Å². The quantitative estimate of drug-likeness (QED) is 0.676. The lowest BCUT2D eigenvalue weighted by molar-refractivity contribution is 0.0315. The standard InChI is InChI=1S/C17H32O/c1-14(2)12-17(18,13-15(3)4)16-10-8-6-5-7-9-11-16/h10,14-15,18H,5-9,11-13H2,1-4H3. The van der Waals surface area contributed by atoms with Crippen LogP contribution >= 0.6 is 0 Å². The number of aliphatic hydroxyl groups is 1. The highest BCUT2D eigenvalue weighted by Crippen LogP contribution is 2.36. The van der Waals surface area contributed by atoms with Crippen LogP contribution in [0.3, 0.4) is 0 Å². The van der Waals surface area contributed by atoms with Crippen LogP contribution in [0, 0.1) is 11.8 Å². The summed E-state index contributed by atoms with van der Waals surface area (Å²) in [6.07, 6.45) is 11.7. The summed E-state index contributed by atoms with van der Waals surface area (Å²) in [5, 5.41) is 11.1. The van der Waals surface area contributed by atoms with Gasteiger partial charge in [-0.25, -0.2) is 0 Å². The van der Waals surface area contributed by atoms with Gasteiger partial charge in [-0.05, 0) is 55.9 Å². The molecule has 1 nitrogen and oxygen atoms in total. The molecule has 0 saturated heterocycles. The van der Waals surface area contributed by atoms with E-state index in [1.54, 1.807) is 0 Å². The molecule has 1 aliphatic carbocycles. The second-order valence-electron chi connectivity index (χ2n) is 6.91. The molecule has 0 atom stereocenters. The Morgan fingerprint density at radius 3 is 2.11 bits per heavy atom. The van der Waals surface area contributed by atoms with Crippen molar-refractivity contribution >= 4 is 0 Å². The molecule has 1 N–H and O–H groups in total. The SMILES string of the molecule is CC(C)CC(O)(CC(C)C)C1=CCCCCCC1. The second-order valence-corrected chi connectivity index (χ2v) is 6.91. The summed E-state index contributed by atoms with van der Waals surface area (Å²) in [6, 6.07) is 0. The predicted octanol–water partition coefficient (Wildman–Crippen LogP) is 5.09. The minimum Gasteiger partial charge on any atom is -0.385 e. The van der Waals surface area contributed by atoms with Crippen molar-refractivity contribution in [2.24, 2.45) is 11.8 Å². The van der Waals surface area contributed by atoms with Crippen molar-refractivity contribution in [1.29, 1.82) is 0 Å². The largest absolute Gasteiger partial charge is 0.385 e. The van der Waals surface area contributed by atoms with E-state index in [1.165, 1.54) is 31.3 Å². The molecule has 0 spiro atoms. The first-order valence-electron chi connectivity index (χ1n) is 7.86. The zero-order valence-electron chi connectivity index (χ0n) is 12.8. The van der Waals surface area contributed by atoms with Crippen LogP contribution in [0.25, 0.3) is 0 Å². The molecule has 0 saturated carbocycles. The molecule has 0 aromatic rings. The zero-order valence-corrected chi connectivity index (χ0v) is 12.8. The number of hydrogen-bond acceptors (Lipinski definition) is 1. The Kier molecular flexibility index (Phi) is 6.42. The fourth-order valence-corrected chi connectivity index (χ4v) is 3.31. The molecule has 0 amide bonds. The van der Waals surface area contributed by atoms with Crippen LogP contribution in [-0.2, 0) is 0 Å². The molecule has 0 heterocycles. The van der Waals surface area contributed by atoms with Gasteiger partial charge in [-0.15, -0.1) is 0 Å². The van der Waals surface area contributed by atoms with E-state index < -0.39 is 5.60 Å². The molecule has 18 heavy (non-hydrogen) atoms. The first kappa shape index (κ1) is 15.8. The smallest absolute Gasteiger partial charge is 0.0861 e. The van der Waals surface area contributed by atoms with Gasteiger partial charge in [0.2, 0.25) is 0 Å². The number of rotatable bonds is 5. The van der Waals surface area contributed by atoms with Gasteiger partial charge in [-0.3, -0.25) is 0 Å². The van der Waals surface area contributed by atoms with E-state index in [0.29, 0.717) is 11.8 Å². The lowest BCUT2D eigenvalue weighted by Gasteiger charge is -2.35. The summed E-state index contributed by atoms with van der Waals surface area (Å²) in [7, 11) is 0. The molecule has 0 fully saturated rings. The Hall–Kier alpha value is -0.300. The normalized spacial score (nSPS) is 18.7. The summed E-state index contributed by atoms with van der Waals surface area (Å²) < 4.78 is 0. The molecular weight excluding hydrogens is 220 g/mol.